The number of piperidine rings is 1. The molecule has 0 bridgehead atoms. The largest absolute Gasteiger partial charge is 0.483 e. The second kappa shape index (κ2) is 11.5. The van der Waals surface area contributed by atoms with Gasteiger partial charge in [-0.05, 0) is 94.6 Å². The zero-order valence-electron chi connectivity index (χ0n) is 26.5. The molecule has 4 aromatic rings. The van der Waals surface area contributed by atoms with E-state index in [4.69, 9.17) is 9.47 Å². The fraction of sp³-hybridized carbons (Fsp3) is 0.389. The number of benzene rings is 3. The number of hydrogen-bond donors (Lipinski definition) is 1. The van der Waals surface area contributed by atoms with E-state index in [9.17, 15) is 22.4 Å². The number of aromatic amines is 1. The average molecular weight is 636 g/mol. The standard InChI is InChI=1S/C36H37F4N3O3/c1-21-18-23-19-25(36(38,39)40)20-28(30(23)41-21)22(2)45-31-27-8-6-7-9-29(27)42-32(31)35(24-10-12-26(37)13-11-24)14-16-43(17-15-35)33(44)46-34(3,4)5/h6-13,18-22,42H,14-17H2,1-5H3. The van der Waals surface area contributed by atoms with E-state index < -0.39 is 35.0 Å². The third-order valence-electron chi connectivity index (χ3n) is 8.78. The fourth-order valence-electron chi connectivity index (χ4n) is 6.60. The summed E-state index contributed by atoms with van der Waals surface area (Å²) in [5.41, 5.74) is 0.546. The number of carbonyl (C=O) groups excluding carboxylic acids is 1. The van der Waals surface area contributed by atoms with E-state index in [0.29, 0.717) is 47.8 Å². The van der Waals surface area contributed by atoms with E-state index in [1.807, 2.05) is 52.0 Å². The van der Waals surface area contributed by atoms with Crippen LogP contribution in [0.3, 0.4) is 0 Å². The Bertz CT molecular complexity index is 1900. The zero-order chi connectivity index (χ0) is 33.0. The topological polar surface area (TPSA) is 66.9 Å². The monoisotopic (exact) mass is 635 g/mol. The van der Waals surface area contributed by atoms with Crippen LogP contribution in [0, 0.1) is 5.82 Å². The van der Waals surface area contributed by atoms with Crippen LogP contribution in [0.15, 0.2) is 65.7 Å². The summed E-state index contributed by atoms with van der Waals surface area (Å²) in [5.74, 6) is 0.124. The number of amides is 1. The van der Waals surface area contributed by atoms with Crippen LogP contribution >= 0.6 is 0 Å². The van der Waals surface area contributed by atoms with Crippen molar-refractivity contribution in [3.63, 3.8) is 0 Å². The zero-order valence-corrected chi connectivity index (χ0v) is 26.5. The highest BCUT2D eigenvalue weighted by Gasteiger charge is 2.44. The molecule has 0 spiro atoms. The van der Waals surface area contributed by atoms with E-state index in [1.54, 1.807) is 30.0 Å². The van der Waals surface area contributed by atoms with Crippen LogP contribution < -0.4 is 15.3 Å². The molecule has 2 atom stereocenters. The Morgan fingerprint density at radius 2 is 1.72 bits per heavy atom. The molecule has 6 rings (SSSR count). The Kier molecular flexibility index (Phi) is 7.89. The Morgan fingerprint density at radius 3 is 2.37 bits per heavy atom. The lowest BCUT2D eigenvalue weighted by Gasteiger charge is -2.42. The first-order valence-corrected chi connectivity index (χ1v) is 15.5. The number of carbonyl (C=O) groups is 1. The molecule has 1 amide bonds. The van der Waals surface area contributed by atoms with Crippen LogP contribution in [0.25, 0.3) is 17.0 Å². The summed E-state index contributed by atoms with van der Waals surface area (Å²) in [4.78, 5) is 22.9. The van der Waals surface area contributed by atoms with Crippen molar-refractivity contribution in [1.82, 2.24) is 9.88 Å². The maximum Gasteiger partial charge on any atom is 0.416 e. The maximum absolute atomic E-state index is 14.2. The van der Waals surface area contributed by atoms with Gasteiger partial charge in [-0.3, -0.25) is 4.99 Å². The minimum absolute atomic E-state index is 0.259. The fourth-order valence-corrected chi connectivity index (χ4v) is 6.60. The van der Waals surface area contributed by atoms with Gasteiger partial charge in [0.1, 0.15) is 23.3 Å². The number of H-pyrrole nitrogens is 1. The summed E-state index contributed by atoms with van der Waals surface area (Å²) < 4.78 is 68.5. The highest BCUT2D eigenvalue weighted by Crippen LogP contribution is 2.48. The first-order chi connectivity index (χ1) is 21.6. The molecule has 6 nitrogen and oxygen atoms in total. The molecule has 2 unspecified atom stereocenters. The van der Waals surface area contributed by atoms with Gasteiger partial charge in [-0.25, -0.2) is 9.18 Å². The third kappa shape index (κ3) is 5.97. The molecule has 0 saturated carbocycles. The number of fused-ring (bicyclic) bond motifs is 2. The average Bonchev–Trinajstić information content (AvgIpc) is 3.55. The Balaban J connectivity index is 1.46. The molecule has 3 aromatic carbocycles. The normalized spacial score (nSPS) is 18.5. The number of likely N-dealkylation sites (tertiary alicyclic amines) is 1. The number of para-hydroxylation sites is 1. The summed E-state index contributed by atoms with van der Waals surface area (Å²) in [6, 6.07) is 15.9. The number of aromatic nitrogens is 1. The Labute approximate surface area is 264 Å². The molecule has 2 aliphatic heterocycles. The van der Waals surface area contributed by atoms with Crippen LogP contribution in [-0.4, -0.2) is 40.7 Å². The molecule has 3 heterocycles. The van der Waals surface area contributed by atoms with Crippen LogP contribution in [0.2, 0.25) is 0 Å². The van der Waals surface area contributed by atoms with Gasteiger partial charge in [-0.1, -0.05) is 30.3 Å². The van der Waals surface area contributed by atoms with Gasteiger partial charge in [0.15, 0.2) is 0 Å². The Morgan fingerprint density at radius 1 is 1.04 bits per heavy atom. The summed E-state index contributed by atoms with van der Waals surface area (Å²) in [5, 5.41) is 1.69. The SMILES string of the molecule is CC1C=c2cc(C(F)(F)F)cc(C(C)Oc3c(C4(c5ccc(F)cc5)CCN(C(=O)OC(C)(C)C)CC4)[nH]c4ccccc34)c2=N1. The van der Waals surface area contributed by atoms with Gasteiger partial charge in [0.2, 0.25) is 0 Å². The van der Waals surface area contributed by atoms with Crippen LogP contribution in [0.4, 0.5) is 22.4 Å². The quantitative estimate of drug-likeness (QED) is 0.230. The predicted octanol–water partition coefficient (Wildman–Crippen LogP) is 7.59. The van der Waals surface area contributed by atoms with Crippen molar-refractivity contribution < 1.29 is 31.8 Å². The number of nitrogens with one attached hydrogen (secondary N) is 1. The van der Waals surface area contributed by atoms with Crippen molar-refractivity contribution in [3.05, 3.63) is 99.4 Å². The molecule has 0 aliphatic carbocycles. The lowest BCUT2D eigenvalue weighted by atomic mass is 9.70. The molecule has 1 fully saturated rings. The number of rotatable bonds is 5. The van der Waals surface area contributed by atoms with Gasteiger partial charge in [0, 0.05) is 35.0 Å². The van der Waals surface area contributed by atoms with Crippen molar-refractivity contribution in [2.24, 2.45) is 4.99 Å². The molecule has 1 aromatic heterocycles. The minimum Gasteiger partial charge on any atom is -0.483 e. The summed E-state index contributed by atoms with van der Waals surface area (Å²) in [7, 11) is 0. The van der Waals surface area contributed by atoms with Crippen LogP contribution in [0.1, 0.15) is 75.9 Å². The molecule has 242 valence electrons. The van der Waals surface area contributed by atoms with Crippen LogP contribution in [-0.2, 0) is 16.3 Å². The third-order valence-corrected chi connectivity index (χ3v) is 8.78. The molecule has 46 heavy (non-hydrogen) atoms. The van der Waals surface area contributed by atoms with E-state index in [-0.39, 0.29) is 11.9 Å². The van der Waals surface area contributed by atoms with Crippen LogP contribution in [0.5, 0.6) is 5.75 Å². The van der Waals surface area contributed by atoms with Crippen molar-refractivity contribution in [1.29, 1.82) is 0 Å². The number of ether oxygens (including phenoxy) is 2. The summed E-state index contributed by atoms with van der Waals surface area (Å²) in [6.45, 7) is 9.75. The molecular weight excluding hydrogens is 598 g/mol. The molecular formula is C36H37F4N3O3. The van der Waals surface area contributed by atoms with E-state index in [0.717, 1.165) is 34.3 Å². The van der Waals surface area contributed by atoms with Crippen molar-refractivity contribution >= 4 is 23.1 Å². The second-order valence-electron chi connectivity index (χ2n) is 13.2. The van der Waals surface area contributed by atoms with Gasteiger partial charge >= 0.3 is 12.3 Å². The highest BCUT2D eigenvalue weighted by molar-refractivity contribution is 5.88. The lowest BCUT2D eigenvalue weighted by Crippen LogP contribution is -2.47. The maximum atomic E-state index is 14.2. The van der Waals surface area contributed by atoms with Crippen molar-refractivity contribution in [2.45, 2.75) is 76.8 Å². The number of hydrogen-bond acceptors (Lipinski definition) is 4. The molecule has 0 radical (unpaired) electrons. The summed E-state index contributed by atoms with van der Waals surface area (Å²) in [6.07, 6.45) is -3.09. The lowest BCUT2D eigenvalue weighted by molar-refractivity contribution is -0.137. The second-order valence-corrected chi connectivity index (χ2v) is 13.2. The van der Waals surface area contributed by atoms with Gasteiger partial charge in [0.25, 0.3) is 0 Å². The molecule has 1 saturated heterocycles. The van der Waals surface area contributed by atoms with Crippen molar-refractivity contribution in [3.8, 4) is 5.75 Å². The van der Waals surface area contributed by atoms with E-state index in [1.165, 1.54) is 12.1 Å². The minimum atomic E-state index is -4.54. The molecule has 10 heteroatoms. The number of halogens is 4. The number of nitrogens with zero attached hydrogens (tertiary/aromatic N) is 2. The smallest absolute Gasteiger partial charge is 0.416 e. The number of alkyl halides is 3. The van der Waals surface area contributed by atoms with Gasteiger partial charge in [0.05, 0.1) is 22.7 Å². The van der Waals surface area contributed by atoms with E-state index in [2.05, 4.69) is 9.98 Å². The van der Waals surface area contributed by atoms with E-state index >= 15 is 0 Å². The molecule has 2 aliphatic rings. The predicted molar refractivity (Wildman–Crippen MR) is 168 cm³/mol. The highest BCUT2D eigenvalue weighted by atomic mass is 19.4. The van der Waals surface area contributed by atoms with Crippen molar-refractivity contribution in [2.75, 3.05) is 13.1 Å². The first kappa shape index (κ1) is 31.6. The van der Waals surface area contributed by atoms with Gasteiger partial charge < -0.3 is 19.4 Å². The molecule has 1 N–H and O–H groups in total. The van der Waals surface area contributed by atoms with Gasteiger partial charge in [-0.15, -0.1) is 0 Å². The van der Waals surface area contributed by atoms with Gasteiger partial charge in [-0.2, -0.15) is 13.2 Å². The summed E-state index contributed by atoms with van der Waals surface area (Å²) >= 11 is 0. The Hall–Kier alpha value is -4.34. The first-order valence-electron chi connectivity index (χ1n) is 15.5.